The van der Waals surface area contributed by atoms with Crippen molar-refractivity contribution in [3.05, 3.63) is 77.1 Å². The Bertz CT molecular complexity index is 944. The van der Waals surface area contributed by atoms with Crippen LogP contribution >= 0.6 is 11.6 Å². The number of benzene rings is 2. The third-order valence-electron chi connectivity index (χ3n) is 3.77. The zero-order valence-electron chi connectivity index (χ0n) is 13.5. The molecule has 0 fully saturated rings. The highest BCUT2D eigenvalue weighted by molar-refractivity contribution is 7.89. The highest BCUT2D eigenvalue weighted by Gasteiger charge is 2.23. The second kappa shape index (κ2) is 7.35. The monoisotopic (exact) mass is 376 g/mol. The van der Waals surface area contributed by atoms with E-state index in [1.165, 1.54) is 16.9 Å². The Morgan fingerprint density at radius 3 is 2.44 bits per heavy atom. The minimum atomic E-state index is -3.75. The molecular formula is C17H17ClN4O2S. The van der Waals surface area contributed by atoms with Crippen LogP contribution in [-0.4, -0.2) is 23.4 Å². The van der Waals surface area contributed by atoms with Crippen molar-refractivity contribution in [2.75, 3.05) is 0 Å². The molecule has 0 saturated heterocycles. The van der Waals surface area contributed by atoms with Crippen LogP contribution in [0.4, 0.5) is 0 Å². The minimum Gasteiger partial charge on any atom is -0.207 e. The molecule has 1 aromatic heterocycles. The summed E-state index contributed by atoms with van der Waals surface area (Å²) in [5.74, 6) is 0. The molecule has 1 atom stereocenters. The van der Waals surface area contributed by atoms with Gasteiger partial charge in [-0.15, -0.1) is 0 Å². The van der Waals surface area contributed by atoms with E-state index < -0.39 is 16.1 Å². The average Bonchev–Trinajstić information content (AvgIpc) is 3.10. The molecule has 0 saturated carbocycles. The summed E-state index contributed by atoms with van der Waals surface area (Å²) in [6.07, 6.45) is 3.10. The Labute approximate surface area is 151 Å². The fraction of sp³-hybridized carbons (Fsp3) is 0.176. The summed E-state index contributed by atoms with van der Waals surface area (Å²) >= 11 is 6.07. The van der Waals surface area contributed by atoms with Crippen molar-refractivity contribution in [2.45, 2.75) is 24.4 Å². The molecule has 0 spiro atoms. The van der Waals surface area contributed by atoms with Crippen LogP contribution in [0, 0.1) is 6.92 Å². The Balaban J connectivity index is 1.92. The van der Waals surface area contributed by atoms with E-state index >= 15 is 0 Å². The predicted molar refractivity (Wildman–Crippen MR) is 95.7 cm³/mol. The summed E-state index contributed by atoms with van der Waals surface area (Å²) in [6, 6.07) is 13.5. The summed E-state index contributed by atoms with van der Waals surface area (Å²) in [5, 5.41) is 8.53. The second-order valence-electron chi connectivity index (χ2n) is 5.58. The van der Waals surface area contributed by atoms with Crippen molar-refractivity contribution in [1.29, 1.82) is 0 Å². The van der Waals surface area contributed by atoms with Gasteiger partial charge in [-0.1, -0.05) is 48.0 Å². The lowest BCUT2D eigenvalue weighted by Crippen LogP contribution is -2.32. The van der Waals surface area contributed by atoms with E-state index in [0.29, 0.717) is 5.02 Å². The smallest absolute Gasteiger partial charge is 0.207 e. The summed E-state index contributed by atoms with van der Waals surface area (Å²) in [4.78, 5) is 1.57. The normalized spacial score (nSPS) is 12.9. The average molecular weight is 377 g/mol. The molecule has 0 aliphatic heterocycles. The Hall–Kier alpha value is -2.22. The van der Waals surface area contributed by atoms with Crippen LogP contribution in [0.25, 0.3) is 0 Å². The van der Waals surface area contributed by atoms with Gasteiger partial charge in [-0.3, -0.25) is 0 Å². The Morgan fingerprint density at radius 1 is 1.12 bits per heavy atom. The number of sulfonamides is 1. The number of aryl methyl sites for hydroxylation is 1. The van der Waals surface area contributed by atoms with Gasteiger partial charge in [-0.05, 0) is 30.2 Å². The molecule has 0 radical (unpaired) electrons. The molecule has 3 aromatic rings. The number of halogens is 1. The first-order valence-electron chi connectivity index (χ1n) is 7.63. The molecule has 6 nitrogen and oxygen atoms in total. The summed E-state index contributed by atoms with van der Waals surface area (Å²) in [7, 11) is -3.75. The number of hydrogen-bond acceptors (Lipinski definition) is 4. The van der Waals surface area contributed by atoms with E-state index in [0.717, 1.165) is 11.1 Å². The maximum absolute atomic E-state index is 12.8. The number of hydrogen-bond donors (Lipinski definition) is 1. The molecule has 2 aromatic carbocycles. The third kappa shape index (κ3) is 4.25. The van der Waals surface area contributed by atoms with Gasteiger partial charge in [0.1, 0.15) is 0 Å². The van der Waals surface area contributed by atoms with Crippen LogP contribution in [-0.2, 0) is 16.6 Å². The maximum Gasteiger partial charge on any atom is 0.241 e. The summed E-state index contributed by atoms with van der Waals surface area (Å²) in [6.45, 7) is 2.10. The van der Waals surface area contributed by atoms with Crippen molar-refractivity contribution < 1.29 is 8.42 Å². The number of nitrogens with one attached hydrogen (secondary N) is 1. The highest BCUT2D eigenvalue weighted by Crippen LogP contribution is 2.23. The fourth-order valence-electron chi connectivity index (χ4n) is 2.39. The van der Waals surface area contributed by atoms with Crippen molar-refractivity contribution in [1.82, 2.24) is 19.7 Å². The van der Waals surface area contributed by atoms with Gasteiger partial charge in [-0.2, -0.15) is 15.0 Å². The van der Waals surface area contributed by atoms with E-state index in [1.54, 1.807) is 18.5 Å². The Kier molecular flexibility index (Phi) is 5.17. The van der Waals surface area contributed by atoms with Crippen molar-refractivity contribution in [2.24, 2.45) is 0 Å². The summed E-state index contributed by atoms with van der Waals surface area (Å²) in [5.41, 5.74) is 1.64. The second-order valence-corrected chi connectivity index (χ2v) is 7.70. The first kappa shape index (κ1) is 17.6. The van der Waals surface area contributed by atoms with E-state index in [1.807, 2.05) is 37.3 Å². The van der Waals surface area contributed by atoms with Crippen molar-refractivity contribution >= 4 is 21.6 Å². The van der Waals surface area contributed by atoms with E-state index in [-0.39, 0.29) is 11.4 Å². The first-order chi connectivity index (χ1) is 12.0. The zero-order chi connectivity index (χ0) is 17.9. The molecule has 0 aliphatic carbocycles. The largest absolute Gasteiger partial charge is 0.241 e. The van der Waals surface area contributed by atoms with Gasteiger partial charge in [0.05, 0.1) is 29.9 Å². The highest BCUT2D eigenvalue weighted by atomic mass is 35.5. The van der Waals surface area contributed by atoms with Crippen LogP contribution in [0.5, 0.6) is 0 Å². The van der Waals surface area contributed by atoms with Gasteiger partial charge >= 0.3 is 0 Å². The third-order valence-corrected chi connectivity index (χ3v) is 5.64. The van der Waals surface area contributed by atoms with E-state index in [2.05, 4.69) is 14.9 Å². The molecular weight excluding hydrogens is 360 g/mol. The number of nitrogens with zero attached hydrogens (tertiary/aromatic N) is 3. The first-order valence-corrected chi connectivity index (χ1v) is 9.49. The van der Waals surface area contributed by atoms with E-state index in [4.69, 9.17) is 11.6 Å². The molecule has 3 rings (SSSR count). The standard InChI is InChI=1S/C17H17ClN4O2S/c1-13-7-8-15(11-16(13)18)25(23,24)21-17(12-22-19-9-10-20-22)14-5-3-2-4-6-14/h2-11,17,21H,12H2,1H3. The van der Waals surface area contributed by atoms with Gasteiger partial charge < -0.3 is 0 Å². The van der Waals surface area contributed by atoms with Crippen LogP contribution in [0.2, 0.25) is 5.02 Å². The van der Waals surface area contributed by atoms with Crippen LogP contribution in [0.15, 0.2) is 65.8 Å². The lowest BCUT2D eigenvalue weighted by molar-refractivity contribution is 0.444. The fourth-order valence-corrected chi connectivity index (χ4v) is 3.88. The number of rotatable bonds is 6. The van der Waals surface area contributed by atoms with Gasteiger partial charge in [0.2, 0.25) is 10.0 Å². The Morgan fingerprint density at radius 2 is 1.80 bits per heavy atom. The lowest BCUT2D eigenvalue weighted by Gasteiger charge is -2.19. The van der Waals surface area contributed by atoms with Crippen molar-refractivity contribution in [3.8, 4) is 0 Å². The quantitative estimate of drug-likeness (QED) is 0.717. The van der Waals surface area contributed by atoms with Gasteiger partial charge in [-0.25, -0.2) is 13.1 Å². The molecule has 1 unspecified atom stereocenters. The molecule has 25 heavy (non-hydrogen) atoms. The zero-order valence-corrected chi connectivity index (χ0v) is 15.1. The van der Waals surface area contributed by atoms with E-state index in [9.17, 15) is 8.42 Å². The van der Waals surface area contributed by atoms with Gasteiger partial charge in [0.25, 0.3) is 0 Å². The maximum atomic E-state index is 12.8. The molecule has 1 N–H and O–H groups in total. The summed E-state index contributed by atoms with van der Waals surface area (Å²) < 4.78 is 28.3. The van der Waals surface area contributed by atoms with Crippen LogP contribution in [0.3, 0.4) is 0 Å². The van der Waals surface area contributed by atoms with Crippen molar-refractivity contribution in [3.63, 3.8) is 0 Å². The number of aromatic nitrogens is 3. The minimum absolute atomic E-state index is 0.123. The van der Waals surface area contributed by atoms with Crippen LogP contribution < -0.4 is 4.72 Å². The molecule has 8 heteroatoms. The molecule has 0 aliphatic rings. The predicted octanol–water partition coefficient (Wildman–Crippen LogP) is 2.96. The topological polar surface area (TPSA) is 76.9 Å². The molecule has 130 valence electrons. The van der Waals surface area contributed by atoms with Gasteiger partial charge in [0.15, 0.2) is 0 Å². The molecule has 0 amide bonds. The molecule has 0 bridgehead atoms. The molecule has 1 heterocycles. The SMILES string of the molecule is Cc1ccc(S(=O)(=O)NC(Cn2nccn2)c2ccccc2)cc1Cl. The van der Waals surface area contributed by atoms with Crippen LogP contribution in [0.1, 0.15) is 17.2 Å². The van der Waals surface area contributed by atoms with Gasteiger partial charge in [0, 0.05) is 5.02 Å². The lowest BCUT2D eigenvalue weighted by atomic mass is 10.1.